The Morgan fingerprint density at radius 2 is 1.44 bits per heavy atom. The van der Waals surface area contributed by atoms with E-state index in [1.165, 1.54) is 0 Å². The number of rotatable bonds is 10. The lowest BCUT2D eigenvalue weighted by Gasteiger charge is -2.24. The summed E-state index contributed by atoms with van der Waals surface area (Å²) in [6.07, 6.45) is 4.18. The average Bonchev–Trinajstić information content (AvgIpc) is 2.31. The van der Waals surface area contributed by atoms with Gasteiger partial charge >= 0.3 is 0 Å². The van der Waals surface area contributed by atoms with E-state index in [2.05, 4.69) is 0 Å². The third-order valence-electron chi connectivity index (χ3n) is 3.23. The van der Waals surface area contributed by atoms with Crippen molar-refractivity contribution < 1.29 is 18.9 Å². The molecule has 18 heavy (non-hydrogen) atoms. The Bertz CT molecular complexity index is 317. The molecule has 0 aliphatic carbocycles. The molecule has 0 radical (unpaired) electrons. The fraction of sp³-hybridized carbons (Fsp3) is 1.00. The molecule has 2 N–H and O–H groups in total. The fourth-order valence-electron chi connectivity index (χ4n) is 1.93. The van der Waals surface area contributed by atoms with Crippen LogP contribution in [-0.2, 0) is 9.13 Å². The van der Waals surface area contributed by atoms with E-state index >= 15 is 0 Å². The first-order valence-corrected chi connectivity index (χ1v) is 10.9. The molecule has 0 fully saturated rings. The maximum atomic E-state index is 12.2. The van der Waals surface area contributed by atoms with Crippen LogP contribution in [0.5, 0.6) is 0 Å². The molecule has 3 unspecified atom stereocenters. The second-order valence-electron chi connectivity index (χ2n) is 5.00. The Morgan fingerprint density at radius 1 is 0.944 bits per heavy atom. The molecule has 0 spiro atoms. The molecule has 0 amide bonds. The van der Waals surface area contributed by atoms with Gasteiger partial charge in [0.25, 0.3) is 0 Å². The van der Waals surface area contributed by atoms with Crippen LogP contribution in [0.1, 0.15) is 52.9 Å². The van der Waals surface area contributed by atoms with Crippen molar-refractivity contribution in [2.75, 3.05) is 18.5 Å². The molecule has 0 aromatic rings. The predicted octanol–water partition coefficient (Wildman–Crippen LogP) is 3.91. The van der Waals surface area contributed by atoms with Crippen molar-refractivity contribution in [2.24, 2.45) is 0 Å². The van der Waals surface area contributed by atoms with E-state index in [1.54, 1.807) is 0 Å². The zero-order valence-corrected chi connectivity index (χ0v) is 13.6. The summed E-state index contributed by atoms with van der Waals surface area (Å²) in [5.74, 6) is 0. The van der Waals surface area contributed by atoms with Crippen LogP contribution < -0.4 is 0 Å². The van der Waals surface area contributed by atoms with Gasteiger partial charge in [-0.25, -0.2) is 0 Å². The topological polar surface area (TPSA) is 74.6 Å². The minimum absolute atomic E-state index is 0.000984. The molecule has 0 saturated carbocycles. The predicted molar refractivity (Wildman–Crippen MR) is 78.1 cm³/mol. The van der Waals surface area contributed by atoms with Crippen LogP contribution in [0.4, 0.5) is 0 Å². The van der Waals surface area contributed by atoms with E-state index in [1.807, 2.05) is 20.8 Å². The smallest absolute Gasteiger partial charge is 0.204 e. The zero-order chi connectivity index (χ0) is 14.2. The van der Waals surface area contributed by atoms with Gasteiger partial charge in [-0.3, -0.25) is 9.13 Å². The summed E-state index contributed by atoms with van der Waals surface area (Å²) in [5.41, 5.74) is -0.517. The van der Waals surface area contributed by atoms with Crippen LogP contribution in [0.15, 0.2) is 0 Å². The van der Waals surface area contributed by atoms with Gasteiger partial charge in [-0.15, -0.1) is 0 Å². The lowest BCUT2D eigenvalue weighted by Crippen LogP contribution is -2.16. The summed E-state index contributed by atoms with van der Waals surface area (Å²) in [6.45, 7) is 5.76. The van der Waals surface area contributed by atoms with Crippen LogP contribution in [-0.4, -0.2) is 33.9 Å². The number of hydrogen-bond donors (Lipinski definition) is 2. The summed E-state index contributed by atoms with van der Waals surface area (Å²) in [4.78, 5) is 19.9. The van der Waals surface area contributed by atoms with Crippen molar-refractivity contribution in [1.82, 2.24) is 0 Å². The van der Waals surface area contributed by atoms with Crippen molar-refractivity contribution in [3.8, 4) is 0 Å². The Balaban J connectivity index is 4.58. The normalized spacial score (nSPS) is 20.1. The number of hydrogen-bond acceptors (Lipinski definition) is 2. The molecule has 0 aromatic heterocycles. The second kappa shape index (κ2) is 8.53. The molecular weight excluding hydrogens is 270 g/mol. The summed E-state index contributed by atoms with van der Waals surface area (Å²) < 4.78 is 24.2. The molecule has 110 valence electrons. The van der Waals surface area contributed by atoms with Gasteiger partial charge in [0.15, 0.2) is 0 Å². The van der Waals surface area contributed by atoms with Gasteiger partial charge in [0, 0.05) is 24.1 Å². The van der Waals surface area contributed by atoms with Crippen molar-refractivity contribution >= 4 is 14.7 Å². The molecule has 0 aliphatic rings. The van der Waals surface area contributed by atoms with E-state index in [0.717, 1.165) is 12.8 Å². The molecule has 6 heteroatoms. The summed E-state index contributed by atoms with van der Waals surface area (Å²) in [7, 11) is -6.52. The molecule has 0 saturated heterocycles. The molecule has 0 aromatic carbocycles. The Hall–Kier alpha value is 0.380. The molecular formula is C12H28O4P2. The average molecular weight is 298 g/mol. The maximum absolute atomic E-state index is 12.2. The van der Waals surface area contributed by atoms with E-state index in [9.17, 15) is 18.9 Å². The third kappa shape index (κ3) is 7.09. The first-order valence-electron chi connectivity index (χ1n) is 6.91. The largest absolute Gasteiger partial charge is 0.344 e. The van der Waals surface area contributed by atoms with E-state index < -0.39 is 20.4 Å². The number of unbranched alkanes of at least 4 members (excludes halogenated alkanes) is 2. The van der Waals surface area contributed by atoms with E-state index in [0.29, 0.717) is 19.3 Å². The van der Waals surface area contributed by atoms with Gasteiger partial charge in [0.2, 0.25) is 14.7 Å². The molecule has 0 rings (SSSR count). The van der Waals surface area contributed by atoms with Gasteiger partial charge in [0.05, 0.1) is 0 Å². The second-order valence-corrected chi connectivity index (χ2v) is 10.2. The van der Waals surface area contributed by atoms with Gasteiger partial charge < -0.3 is 9.79 Å². The van der Waals surface area contributed by atoms with Crippen molar-refractivity contribution in [2.45, 2.75) is 58.5 Å². The van der Waals surface area contributed by atoms with Gasteiger partial charge in [-0.2, -0.15) is 0 Å². The first-order chi connectivity index (χ1) is 8.29. The van der Waals surface area contributed by atoms with Crippen LogP contribution in [0.25, 0.3) is 0 Å². The minimum atomic E-state index is -3.28. The fourth-order valence-corrected chi connectivity index (χ4v) is 7.34. The van der Waals surface area contributed by atoms with E-state index in [-0.39, 0.29) is 18.5 Å². The Morgan fingerprint density at radius 3 is 1.89 bits per heavy atom. The molecule has 0 aliphatic heterocycles. The summed E-state index contributed by atoms with van der Waals surface area (Å²) in [6, 6.07) is 0. The lowest BCUT2D eigenvalue weighted by atomic mass is 10.4. The van der Waals surface area contributed by atoms with Crippen molar-refractivity contribution in [3.63, 3.8) is 0 Å². The third-order valence-corrected chi connectivity index (χ3v) is 8.19. The van der Waals surface area contributed by atoms with Crippen LogP contribution in [0.3, 0.4) is 0 Å². The zero-order valence-electron chi connectivity index (χ0n) is 11.8. The SMILES string of the molecule is CCCCP(=O)(O)CC(CC)P(=O)(O)CCCC. The van der Waals surface area contributed by atoms with Gasteiger partial charge in [-0.05, 0) is 19.3 Å². The Labute approximate surface area is 111 Å². The summed E-state index contributed by atoms with van der Waals surface area (Å²) in [5, 5.41) is 0. The highest BCUT2D eigenvalue weighted by Gasteiger charge is 2.34. The first kappa shape index (κ1) is 18.4. The highest BCUT2D eigenvalue weighted by atomic mass is 31.2. The monoisotopic (exact) mass is 298 g/mol. The maximum Gasteiger partial charge on any atom is 0.204 e. The van der Waals surface area contributed by atoms with Crippen LogP contribution in [0, 0.1) is 0 Å². The molecule has 0 bridgehead atoms. The molecule has 4 nitrogen and oxygen atoms in total. The lowest BCUT2D eigenvalue weighted by molar-refractivity contribution is 0.448. The molecule has 3 atom stereocenters. The Kier molecular flexibility index (Phi) is 8.71. The molecule has 0 heterocycles. The quantitative estimate of drug-likeness (QED) is 0.600. The highest BCUT2D eigenvalue weighted by molar-refractivity contribution is 7.62. The van der Waals surface area contributed by atoms with Crippen molar-refractivity contribution in [1.29, 1.82) is 0 Å². The van der Waals surface area contributed by atoms with Crippen LogP contribution in [0.2, 0.25) is 0 Å². The highest BCUT2D eigenvalue weighted by Crippen LogP contribution is 2.55. The standard InChI is InChI=1S/C12H28O4P2/c1-4-7-9-17(13,14)11-12(6-3)18(15,16)10-8-5-2/h12H,4-11H2,1-3H3,(H,13,14)(H,15,16). The summed E-state index contributed by atoms with van der Waals surface area (Å²) >= 11 is 0. The van der Waals surface area contributed by atoms with Gasteiger partial charge in [-0.1, -0.05) is 33.6 Å². The van der Waals surface area contributed by atoms with Crippen molar-refractivity contribution in [3.05, 3.63) is 0 Å². The minimum Gasteiger partial charge on any atom is -0.344 e. The van der Waals surface area contributed by atoms with E-state index in [4.69, 9.17) is 0 Å². The van der Waals surface area contributed by atoms with Gasteiger partial charge in [0.1, 0.15) is 0 Å². The van der Waals surface area contributed by atoms with Crippen LogP contribution >= 0.6 is 14.7 Å².